The predicted octanol–water partition coefficient (Wildman–Crippen LogP) is 4.09. The third-order valence-corrected chi connectivity index (χ3v) is 3.36. The first-order valence-corrected chi connectivity index (χ1v) is 5.90. The standard InChI is InChI=1S/C9H4BrCl3N2/c10-6-3-1-2-5(4-6)9(13)14-7(11)8(12)15-9/h1-4H. The van der Waals surface area contributed by atoms with Crippen molar-refractivity contribution in [3.63, 3.8) is 0 Å². The molecule has 15 heavy (non-hydrogen) atoms. The maximum atomic E-state index is 6.19. The second-order valence-corrected chi connectivity index (χ2v) is 5.06. The summed E-state index contributed by atoms with van der Waals surface area (Å²) in [5, 5.41) is -0.962. The lowest BCUT2D eigenvalue weighted by molar-refractivity contribution is 0.705. The quantitative estimate of drug-likeness (QED) is 0.549. The molecule has 0 spiro atoms. The Kier molecular flexibility index (Phi) is 3.08. The molecule has 0 aromatic heterocycles. The highest BCUT2D eigenvalue weighted by atomic mass is 79.9. The molecule has 6 heteroatoms. The summed E-state index contributed by atoms with van der Waals surface area (Å²) in [6.45, 7) is 0. The summed E-state index contributed by atoms with van der Waals surface area (Å²) in [6, 6.07) is 7.36. The van der Waals surface area contributed by atoms with Crippen LogP contribution < -0.4 is 0 Å². The van der Waals surface area contributed by atoms with Crippen LogP contribution >= 0.6 is 50.7 Å². The van der Waals surface area contributed by atoms with Crippen LogP contribution in [0.1, 0.15) is 5.56 Å². The largest absolute Gasteiger partial charge is 0.255 e. The lowest BCUT2D eigenvalue weighted by atomic mass is 10.2. The topological polar surface area (TPSA) is 24.7 Å². The van der Waals surface area contributed by atoms with Crippen LogP contribution in [0.4, 0.5) is 0 Å². The van der Waals surface area contributed by atoms with Crippen LogP contribution in [0.25, 0.3) is 0 Å². The molecule has 0 saturated carbocycles. The monoisotopic (exact) mass is 324 g/mol. The fourth-order valence-corrected chi connectivity index (χ4v) is 2.29. The van der Waals surface area contributed by atoms with Crippen LogP contribution in [0, 0.1) is 0 Å². The minimum absolute atomic E-state index is 0.131. The number of halogens is 4. The van der Waals surface area contributed by atoms with Gasteiger partial charge in [0.1, 0.15) is 0 Å². The molecule has 1 aliphatic heterocycles. The van der Waals surface area contributed by atoms with Crippen LogP contribution in [-0.4, -0.2) is 10.3 Å². The fourth-order valence-electron chi connectivity index (χ4n) is 1.19. The number of hydrogen-bond acceptors (Lipinski definition) is 2. The van der Waals surface area contributed by atoms with E-state index in [1.54, 1.807) is 0 Å². The zero-order valence-electron chi connectivity index (χ0n) is 7.22. The van der Waals surface area contributed by atoms with Crippen LogP contribution in [0.15, 0.2) is 38.7 Å². The molecule has 1 aromatic carbocycles. The highest BCUT2D eigenvalue weighted by Crippen LogP contribution is 2.38. The second kappa shape index (κ2) is 4.06. The van der Waals surface area contributed by atoms with Gasteiger partial charge in [0.15, 0.2) is 10.3 Å². The Bertz CT molecular complexity index is 452. The lowest BCUT2D eigenvalue weighted by Gasteiger charge is -2.14. The van der Waals surface area contributed by atoms with Crippen LogP contribution in [0.3, 0.4) is 0 Å². The minimum atomic E-state index is -1.22. The van der Waals surface area contributed by atoms with Gasteiger partial charge < -0.3 is 0 Å². The van der Waals surface area contributed by atoms with Gasteiger partial charge in [-0.1, -0.05) is 62.9 Å². The zero-order chi connectivity index (χ0) is 11.1. The molecule has 1 heterocycles. The van der Waals surface area contributed by atoms with Crippen molar-refractivity contribution in [2.24, 2.45) is 9.98 Å². The molecule has 1 aliphatic rings. The Morgan fingerprint density at radius 1 is 1.13 bits per heavy atom. The SMILES string of the molecule is ClC1=NC(Cl)(c2cccc(Br)c2)N=C1Cl. The molecule has 0 amide bonds. The average molecular weight is 326 g/mol. The summed E-state index contributed by atoms with van der Waals surface area (Å²) in [5.74, 6) is 0. The van der Waals surface area contributed by atoms with Gasteiger partial charge in [-0.2, -0.15) is 0 Å². The molecule has 0 atom stereocenters. The molecule has 0 fully saturated rings. The van der Waals surface area contributed by atoms with Gasteiger partial charge in [-0.3, -0.25) is 0 Å². The summed E-state index contributed by atoms with van der Waals surface area (Å²) in [4.78, 5) is 8.01. The van der Waals surface area contributed by atoms with Gasteiger partial charge in [-0.05, 0) is 12.1 Å². The zero-order valence-corrected chi connectivity index (χ0v) is 11.1. The highest BCUT2D eigenvalue weighted by Gasteiger charge is 2.34. The summed E-state index contributed by atoms with van der Waals surface area (Å²) in [6.07, 6.45) is 0. The van der Waals surface area contributed by atoms with Gasteiger partial charge in [0, 0.05) is 10.0 Å². The maximum Gasteiger partial charge on any atom is 0.255 e. The number of benzene rings is 1. The van der Waals surface area contributed by atoms with Gasteiger partial charge >= 0.3 is 0 Å². The first kappa shape index (κ1) is 11.4. The third-order valence-electron chi connectivity index (χ3n) is 1.85. The first-order valence-electron chi connectivity index (χ1n) is 3.97. The molecular formula is C9H4BrCl3N2. The van der Waals surface area contributed by atoms with E-state index in [4.69, 9.17) is 34.8 Å². The predicted molar refractivity (Wildman–Crippen MR) is 68.2 cm³/mol. The number of rotatable bonds is 1. The second-order valence-electron chi connectivity index (χ2n) is 2.90. The molecule has 2 rings (SSSR count). The molecule has 0 aliphatic carbocycles. The molecule has 1 aromatic rings. The van der Waals surface area contributed by atoms with E-state index in [1.165, 1.54) is 0 Å². The lowest BCUT2D eigenvalue weighted by Crippen LogP contribution is -2.09. The van der Waals surface area contributed by atoms with Gasteiger partial charge in [-0.15, -0.1) is 0 Å². The van der Waals surface area contributed by atoms with Gasteiger partial charge in [-0.25, -0.2) is 9.98 Å². The Balaban J connectivity index is 2.49. The van der Waals surface area contributed by atoms with Crippen molar-refractivity contribution in [2.45, 2.75) is 5.12 Å². The van der Waals surface area contributed by atoms with E-state index in [1.807, 2.05) is 24.3 Å². The molecule has 0 saturated heterocycles. The Hall–Kier alpha value is -0.0900. The Morgan fingerprint density at radius 3 is 2.27 bits per heavy atom. The summed E-state index contributed by atoms with van der Waals surface area (Å²) < 4.78 is 0.893. The molecule has 2 nitrogen and oxygen atoms in total. The van der Waals surface area contributed by atoms with E-state index in [-0.39, 0.29) is 10.3 Å². The molecule has 0 N–H and O–H groups in total. The van der Waals surface area contributed by atoms with Crippen LogP contribution in [0.2, 0.25) is 0 Å². The third kappa shape index (κ3) is 2.21. The van der Waals surface area contributed by atoms with Crippen LogP contribution in [0.5, 0.6) is 0 Å². The molecule has 0 unspecified atom stereocenters. The molecule has 0 bridgehead atoms. The van der Waals surface area contributed by atoms with Crippen molar-refractivity contribution in [3.8, 4) is 0 Å². The molecule has 78 valence electrons. The number of aliphatic imine (C=N–C) groups is 2. The molecule has 0 radical (unpaired) electrons. The fraction of sp³-hybridized carbons (Fsp3) is 0.111. The van der Waals surface area contributed by atoms with Gasteiger partial charge in [0.25, 0.3) is 5.12 Å². The average Bonchev–Trinajstić information content (AvgIpc) is 2.42. The van der Waals surface area contributed by atoms with E-state index in [0.717, 1.165) is 4.47 Å². The van der Waals surface area contributed by atoms with E-state index < -0.39 is 5.12 Å². The number of hydrogen-bond donors (Lipinski definition) is 0. The van der Waals surface area contributed by atoms with E-state index in [2.05, 4.69) is 25.9 Å². The Labute approximate surface area is 110 Å². The normalized spacial score (nSPS) is 18.7. The highest BCUT2D eigenvalue weighted by molar-refractivity contribution is 9.10. The minimum Gasteiger partial charge on any atom is -0.220 e. The Morgan fingerprint density at radius 2 is 1.73 bits per heavy atom. The van der Waals surface area contributed by atoms with E-state index in [9.17, 15) is 0 Å². The summed E-state index contributed by atoms with van der Waals surface area (Å²) in [5.41, 5.74) is 0.715. The van der Waals surface area contributed by atoms with Crippen molar-refractivity contribution in [2.75, 3.05) is 0 Å². The van der Waals surface area contributed by atoms with Crippen molar-refractivity contribution in [1.82, 2.24) is 0 Å². The van der Waals surface area contributed by atoms with Crippen molar-refractivity contribution >= 4 is 61.1 Å². The summed E-state index contributed by atoms with van der Waals surface area (Å²) >= 11 is 21.0. The van der Waals surface area contributed by atoms with Crippen molar-refractivity contribution in [3.05, 3.63) is 34.3 Å². The van der Waals surface area contributed by atoms with Gasteiger partial charge in [0.2, 0.25) is 0 Å². The van der Waals surface area contributed by atoms with Crippen molar-refractivity contribution < 1.29 is 0 Å². The molecular weight excluding hydrogens is 322 g/mol. The first-order chi connectivity index (χ1) is 7.01. The number of nitrogens with zero attached hydrogens (tertiary/aromatic N) is 2. The van der Waals surface area contributed by atoms with Gasteiger partial charge in [0.05, 0.1) is 0 Å². The smallest absolute Gasteiger partial charge is 0.220 e. The number of alkyl halides is 1. The van der Waals surface area contributed by atoms with Crippen LogP contribution in [-0.2, 0) is 5.12 Å². The van der Waals surface area contributed by atoms with E-state index in [0.29, 0.717) is 5.56 Å². The van der Waals surface area contributed by atoms with Crippen molar-refractivity contribution in [1.29, 1.82) is 0 Å². The van der Waals surface area contributed by atoms with E-state index >= 15 is 0 Å². The summed E-state index contributed by atoms with van der Waals surface area (Å²) in [7, 11) is 0. The maximum absolute atomic E-state index is 6.19.